The van der Waals surface area contributed by atoms with E-state index in [1.165, 1.54) is 7.11 Å². The van der Waals surface area contributed by atoms with Crippen molar-refractivity contribution in [1.82, 2.24) is 15.2 Å². The summed E-state index contributed by atoms with van der Waals surface area (Å²) >= 11 is 0. The molecular weight excluding hydrogens is 452 g/mol. The van der Waals surface area contributed by atoms with E-state index in [1.807, 2.05) is 13.8 Å². The lowest BCUT2D eigenvalue weighted by Crippen LogP contribution is -2.49. The van der Waals surface area contributed by atoms with Crippen molar-refractivity contribution in [2.45, 2.75) is 51.6 Å². The van der Waals surface area contributed by atoms with Crippen LogP contribution >= 0.6 is 0 Å². The van der Waals surface area contributed by atoms with Crippen LogP contribution in [-0.2, 0) is 14.4 Å². The zero-order valence-corrected chi connectivity index (χ0v) is 20.4. The number of hydrogen-bond donors (Lipinski definition) is 4. The predicted molar refractivity (Wildman–Crippen MR) is 130 cm³/mol. The number of benzene rings is 1. The van der Waals surface area contributed by atoms with Crippen molar-refractivity contribution in [3.8, 4) is 5.75 Å². The molecule has 0 aliphatic carbocycles. The molecular formula is C25H34N4O6. The summed E-state index contributed by atoms with van der Waals surface area (Å²) < 4.78 is 7.01. The molecule has 35 heavy (non-hydrogen) atoms. The number of aromatic nitrogens is 1. The van der Waals surface area contributed by atoms with Gasteiger partial charge in [-0.15, -0.1) is 0 Å². The highest BCUT2D eigenvalue weighted by molar-refractivity contribution is 6.01. The van der Waals surface area contributed by atoms with Crippen LogP contribution in [0.3, 0.4) is 0 Å². The van der Waals surface area contributed by atoms with Gasteiger partial charge in [0.25, 0.3) is 5.91 Å². The molecule has 3 amide bonds. The number of hydrogen-bond acceptors (Lipinski definition) is 6. The number of aliphatic hydroxyl groups is 1. The molecule has 3 rings (SSSR count). The van der Waals surface area contributed by atoms with E-state index in [4.69, 9.17) is 10.5 Å². The molecule has 190 valence electrons. The Morgan fingerprint density at radius 1 is 1.31 bits per heavy atom. The van der Waals surface area contributed by atoms with E-state index in [2.05, 4.69) is 10.6 Å². The number of fused-ring (bicyclic) bond motifs is 1. The van der Waals surface area contributed by atoms with Crippen LogP contribution in [0, 0.1) is 11.8 Å². The molecule has 0 bridgehead atoms. The lowest BCUT2D eigenvalue weighted by atomic mass is 9.90. The van der Waals surface area contributed by atoms with Crippen LogP contribution in [-0.4, -0.2) is 59.5 Å². The first kappa shape index (κ1) is 26.2. The summed E-state index contributed by atoms with van der Waals surface area (Å²) in [4.78, 5) is 50.8. The van der Waals surface area contributed by atoms with E-state index in [0.717, 1.165) is 6.42 Å². The number of primary amides is 1. The van der Waals surface area contributed by atoms with E-state index < -0.39 is 42.2 Å². The van der Waals surface area contributed by atoms with Gasteiger partial charge in [0.1, 0.15) is 24.1 Å². The summed E-state index contributed by atoms with van der Waals surface area (Å²) in [5.41, 5.74) is 6.42. The smallest absolute Gasteiger partial charge is 0.265 e. The van der Waals surface area contributed by atoms with Crippen LogP contribution in [0.25, 0.3) is 10.9 Å². The van der Waals surface area contributed by atoms with Crippen LogP contribution in [0.15, 0.2) is 24.3 Å². The second kappa shape index (κ2) is 11.4. The molecule has 1 fully saturated rings. The van der Waals surface area contributed by atoms with E-state index in [9.17, 15) is 24.3 Å². The Labute approximate surface area is 204 Å². The summed E-state index contributed by atoms with van der Waals surface area (Å²) in [6.07, 6.45) is 1.82. The first-order valence-corrected chi connectivity index (χ1v) is 11.9. The fourth-order valence-corrected chi connectivity index (χ4v) is 4.70. The van der Waals surface area contributed by atoms with Crippen LogP contribution in [0.4, 0.5) is 0 Å². The number of ether oxygens (including phenoxy) is 1. The lowest BCUT2D eigenvalue weighted by molar-refractivity contribution is -0.133. The van der Waals surface area contributed by atoms with Gasteiger partial charge < -0.3 is 30.8 Å². The highest BCUT2D eigenvalue weighted by Gasteiger charge is 2.33. The SMILES string of the molecule is COc1cccc2c1cc(C(N)=O)n2[C@@H](CC(C)C)C(=O)N[C@@H](C[C@@H]1CCCNC1=O)C(=O)CO. The highest BCUT2D eigenvalue weighted by Crippen LogP contribution is 2.33. The Bertz CT molecular complexity index is 1110. The minimum atomic E-state index is -1.04. The molecule has 10 heteroatoms. The Hall–Kier alpha value is -3.40. The van der Waals surface area contributed by atoms with Crippen molar-refractivity contribution in [1.29, 1.82) is 0 Å². The molecule has 1 saturated heterocycles. The number of piperidine rings is 1. The molecule has 10 nitrogen and oxygen atoms in total. The minimum absolute atomic E-state index is 0.0608. The maximum Gasteiger partial charge on any atom is 0.265 e. The average molecular weight is 487 g/mol. The van der Waals surface area contributed by atoms with Gasteiger partial charge in [0, 0.05) is 17.8 Å². The van der Waals surface area contributed by atoms with E-state index >= 15 is 0 Å². The fourth-order valence-electron chi connectivity index (χ4n) is 4.70. The second-order valence-electron chi connectivity index (χ2n) is 9.35. The third-order valence-electron chi connectivity index (χ3n) is 6.41. The molecule has 0 radical (unpaired) electrons. The number of nitrogens with one attached hydrogen (secondary N) is 2. The molecule has 1 aliphatic heterocycles. The molecule has 1 aromatic carbocycles. The fraction of sp³-hybridized carbons (Fsp3) is 0.520. The van der Waals surface area contributed by atoms with E-state index in [-0.39, 0.29) is 23.9 Å². The molecule has 1 aromatic heterocycles. The first-order valence-electron chi connectivity index (χ1n) is 11.9. The third kappa shape index (κ3) is 5.82. The Kier molecular flexibility index (Phi) is 8.50. The van der Waals surface area contributed by atoms with Gasteiger partial charge in [-0.2, -0.15) is 0 Å². The molecule has 0 spiro atoms. The number of amides is 3. The van der Waals surface area contributed by atoms with Crippen LogP contribution in [0.5, 0.6) is 5.75 Å². The van der Waals surface area contributed by atoms with Gasteiger partial charge in [-0.25, -0.2) is 0 Å². The van der Waals surface area contributed by atoms with Crippen molar-refractivity contribution in [2.24, 2.45) is 17.6 Å². The van der Waals surface area contributed by atoms with Crippen LogP contribution in [0.1, 0.15) is 56.1 Å². The van der Waals surface area contributed by atoms with E-state index in [0.29, 0.717) is 36.0 Å². The van der Waals surface area contributed by atoms with Crippen molar-refractivity contribution in [2.75, 3.05) is 20.3 Å². The maximum absolute atomic E-state index is 13.7. The number of nitrogens with two attached hydrogens (primary N) is 1. The number of aliphatic hydroxyl groups excluding tert-OH is 1. The van der Waals surface area contributed by atoms with Crippen molar-refractivity contribution in [3.63, 3.8) is 0 Å². The van der Waals surface area contributed by atoms with Gasteiger partial charge in [-0.1, -0.05) is 19.9 Å². The van der Waals surface area contributed by atoms with Gasteiger partial charge in [-0.05, 0) is 49.8 Å². The Morgan fingerprint density at radius 2 is 2.06 bits per heavy atom. The monoisotopic (exact) mass is 486 g/mol. The average Bonchev–Trinajstić information content (AvgIpc) is 3.22. The molecule has 0 saturated carbocycles. The molecule has 0 unspecified atom stereocenters. The number of methoxy groups -OCH3 is 1. The molecule has 2 aromatic rings. The van der Waals surface area contributed by atoms with Gasteiger partial charge in [-0.3, -0.25) is 19.2 Å². The zero-order chi connectivity index (χ0) is 25.7. The Balaban J connectivity index is 2.01. The second-order valence-corrected chi connectivity index (χ2v) is 9.35. The number of rotatable bonds is 11. The lowest BCUT2D eigenvalue weighted by Gasteiger charge is -2.28. The molecule has 2 heterocycles. The number of carbonyl (C=O) groups excluding carboxylic acids is 4. The van der Waals surface area contributed by atoms with Crippen molar-refractivity contribution < 1.29 is 29.0 Å². The zero-order valence-electron chi connectivity index (χ0n) is 20.4. The van der Waals surface area contributed by atoms with Crippen LogP contribution < -0.4 is 21.1 Å². The Morgan fingerprint density at radius 3 is 2.66 bits per heavy atom. The topological polar surface area (TPSA) is 153 Å². The third-order valence-corrected chi connectivity index (χ3v) is 6.41. The van der Waals surface area contributed by atoms with Crippen molar-refractivity contribution in [3.05, 3.63) is 30.0 Å². The van der Waals surface area contributed by atoms with Gasteiger partial charge >= 0.3 is 0 Å². The first-order chi connectivity index (χ1) is 16.7. The maximum atomic E-state index is 13.7. The summed E-state index contributed by atoms with van der Waals surface area (Å²) in [6, 6.07) is 4.97. The number of ketones is 1. The quantitative estimate of drug-likeness (QED) is 0.376. The van der Waals surface area contributed by atoms with Gasteiger partial charge in [0.15, 0.2) is 5.78 Å². The normalized spacial score (nSPS) is 17.6. The van der Waals surface area contributed by atoms with Crippen molar-refractivity contribution >= 4 is 34.4 Å². The van der Waals surface area contributed by atoms with Gasteiger partial charge in [0.2, 0.25) is 11.8 Å². The number of nitrogens with zero attached hydrogens (tertiary/aromatic N) is 1. The number of Topliss-reactive ketones (excluding diaryl/α,β-unsaturated/α-hetero) is 1. The highest BCUT2D eigenvalue weighted by atomic mass is 16.5. The summed E-state index contributed by atoms with van der Waals surface area (Å²) in [5, 5.41) is 15.7. The molecule has 5 N–H and O–H groups in total. The summed E-state index contributed by atoms with van der Waals surface area (Å²) in [7, 11) is 1.51. The number of carbonyl (C=O) groups is 4. The largest absolute Gasteiger partial charge is 0.496 e. The summed E-state index contributed by atoms with van der Waals surface area (Å²) in [6.45, 7) is 3.71. The van der Waals surface area contributed by atoms with E-state index in [1.54, 1.807) is 28.8 Å². The predicted octanol–water partition coefficient (Wildman–Crippen LogP) is 1.30. The minimum Gasteiger partial charge on any atom is -0.496 e. The van der Waals surface area contributed by atoms with Gasteiger partial charge in [0.05, 0.1) is 18.7 Å². The standard InChI is InChI=1S/C25H34N4O6/c1-14(2)10-20(29-18-7-4-8-22(35-3)16(18)12-19(29)23(26)32)25(34)28-17(21(31)13-30)11-15-6-5-9-27-24(15)33/h4,7-8,12,14-15,17,20,30H,5-6,9-11,13H2,1-3H3,(H2,26,32)(H,27,33)(H,28,34)/t15-,17-,20-/m0/s1. The molecule has 3 atom stereocenters. The summed E-state index contributed by atoms with van der Waals surface area (Å²) in [5.74, 6) is -1.79. The van der Waals surface area contributed by atoms with Crippen LogP contribution in [0.2, 0.25) is 0 Å². The molecule has 1 aliphatic rings.